The van der Waals surface area contributed by atoms with E-state index in [1.165, 1.54) is 0 Å². The summed E-state index contributed by atoms with van der Waals surface area (Å²) in [4.78, 5) is 25.1. The van der Waals surface area contributed by atoms with Crippen LogP contribution in [-0.4, -0.2) is 48.0 Å². The van der Waals surface area contributed by atoms with E-state index in [1.54, 1.807) is 0 Å². The van der Waals surface area contributed by atoms with Crippen LogP contribution in [0.15, 0.2) is 18.2 Å². The van der Waals surface area contributed by atoms with Crippen molar-refractivity contribution in [2.24, 2.45) is 11.3 Å². The zero-order valence-corrected chi connectivity index (χ0v) is 19.0. The maximum absolute atomic E-state index is 13.8. The maximum Gasteiger partial charge on any atom is 0.341 e. The van der Waals surface area contributed by atoms with Crippen molar-refractivity contribution in [2.75, 3.05) is 26.4 Å². The first-order valence-electron chi connectivity index (χ1n) is 11.4. The quantitative estimate of drug-likeness (QED) is 0.668. The van der Waals surface area contributed by atoms with Crippen LogP contribution < -0.4 is 5.32 Å². The number of carbonyl (C=O) groups is 2. The molecule has 3 heterocycles. The normalized spacial score (nSPS) is 18.4. The summed E-state index contributed by atoms with van der Waals surface area (Å²) in [6, 6.07) is 2.68. The van der Waals surface area contributed by atoms with Crippen molar-refractivity contribution in [3.8, 4) is 0 Å². The molecule has 1 aromatic heterocycles. The highest BCUT2D eigenvalue weighted by atomic mass is 19.1. The third-order valence-electron chi connectivity index (χ3n) is 6.54. The zero-order valence-electron chi connectivity index (χ0n) is 19.0. The number of carbonyl (C=O) groups excluding carboxylic acids is 2. The minimum Gasteiger partial charge on any atom is -0.462 e. The Balaban J connectivity index is 1.50. The molecule has 0 bridgehead atoms. The average Bonchev–Trinajstić information content (AvgIpc) is 3.07. The largest absolute Gasteiger partial charge is 0.462 e. The van der Waals surface area contributed by atoms with Crippen molar-refractivity contribution < 1.29 is 27.8 Å². The minimum absolute atomic E-state index is 0.00998. The first-order valence-corrected chi connectivity index (χ1v) is 11.4. The molecule has 9 heteroatoms. The molecule has 1 amide bonds. The number of hydrogen-bond donors (Lipinski definition) is 1. The van der Waals surface area contributed by atoms with Crippen LogP contribution in [0.3, 0.4) is 0 Å². The molecule has 1 saturated heterocycles. The van der Waals surface area contributed by atoms with Gasteiger partial charge in [-0.2, -0.15) is 5.10 Å². The summed E-state index contributed by atoms with van der Waals surface area (Å²) in [6.45, 7) is 6.24. The van der Waals surface area contributed by atoms with Crippen molar-refractivity contribution in [3.05, 3.63) is 52.3 Å². The number of nitrogens with zero attached hydrogens (tertiary/aromatic N) is 2. The van der Waals surface area contributed by atoms with E-state index < -0.39 is 23.2 Å². The third-order valence-corrected chi connectivity index (χ3v) is 6.54. The Hall–Kier alpha value is -2.81. The molecule has 0 aliphatic carbocycles. The number of hydrogen-bond acceptors (Lipinski definition) is 5. The number of ether oxygens (including phenoxy) is 2. The van der Waals surface area contributed by atoms with E-state index >= 15 is 0 Å². The highest BCUT2D eigenvalue weighted by Crippen LogP contribution is 2.37. The maximum atomic E-state index is 13.8. The Morgan fingerprint density at radius 2 is 2.09 bits per heavy atom. The molecule has 1 fully saturated rings. The van der Waals surface area contributed by atoms with Gasteiger partial charge in [0.25, 0.3) is 5.91 Å². The van der Waals surface area contributed by atoms with Crippen LogP contribution in [0.2, 0.25) is 0 Å². The first kappa shape index (κ1) is 23.4. The number of aryl methyl sites for hydroxylation is 1. The van der Waals surface area contributed by atoms with Gasteiger partial charge in [0.15, 0.2) is 0 Å². The van der Waals surface area contributed by atoms with E-state index in [9.17, 15) is 18.4 Å². The van der Waals surface area contributed by atoms with E-state index in [0.29, 0.717) is 38.3 Å². The Morgan fingerprint density at radius 1 is 1.33 bits per heavy atom. The summed E-state index contributed by atoms with van der Waals surface area (Å²) < 4.78 is 39.9. The number of esters is 1. The number of rotatable bonds is 6. The van der Waals surface area contributed by atoms with Gasteiger partial charge in [-0.3, -0.25) is 9.48 Å². The number of aromatic nitrogens is 2. The highest BCUT2D eigenvalue weighted by molar-refractivity contribution is 5.97. The molecule has 0 saturated carbocycles. The van der Waals surface area contributed by atoms with Gasteiger partial charge in [-0.15, -0.1) is 0 Å². The molecule has 33 heavy (non-hydrogen) atoms. The number of amides is 1. The van der Waals surface area contributed by atoms with Gasteiger partial charge in [0.2, 0.25) is 0 Å². The molecule has 2 aliphatic rings. The molecule has 0 unspecified atom stereocenters. The molecule has 2 aliphatic heterocycles. The summed E-state index contributed by atoms with van der Waals surface area (Å²) in [6.07, 6.45) is 3.08. The summed E-state index contributed by atoms with van der Waals surface area (Å²) in [5.41, 5.74) is 1.80. The topological polar surface area (TPSA) is 82.5 Å². The van der Waals surface area contributed by atoms with Crippen molar-refractivity contribution >= 4 is 11.9 Å². The van der Waals surface area contributed by atoms with Crippen molar-refractivity contribution in [1.29, 1.82) is 0 Å². The lowest BCUT2D eigenvalue weighted by Crippen LogP contribution is -2.41. The summed E-state index contributed by atoms with van der Waals surface area (Å²) in [5, 5.41) is 7.79. The fraction of sp³-hybridized carbons (Fsp3) is 0.542. The summed E-state index contributed by atoms with van der Waals surface area (Å²) in [7, 11) is 0. The van der Waals surface area contributed by atoms with Crippen molar-refractivity contribution in [1.82, 2.24) is 15.1 Å². The fourth-order valence-electron chi connectivity index (χ4n) is 4.62. The molecule has 2 aromatic rings. The Kier molecular flexibility index (Phi) is 6.78. The predicted molar refractivity (Wildman–Crippen MR) is 116 cm³/mol. The second-order valence-electron chi connectivity index (χ2n) is 9.10. The van der Waals surface area contributed by atoms with Gasteiger partial charge in [0.05, 0.1) is 29.1 Å². The smallest absolute Gasteiger partial charge is 0.341 e. The lowest BCUT2D eigenvalue weighted by atomic mass is 9.76. The Bertz CT molecular complexity index is 1050. The number of fused-ring (bicyclic) bond motifs is 1. The Morgan fingerprint density at radius 3 is 2.82 bits per heavy atom. The van der Waals surface area contributed by atoms with Gasteiger partial charge in [-0.05, 0) is 49.3 Å². The van der Waals surface area contributed by atoms with Crippen LogP contribution in [0, 0.1) is 23.0 Å². The van der Waals surface area contributed by atoms with E-state index in [0.717, 1.165) is 48.8 Å². The molecular formula is C24H29F2N3O4. The molecule has 0 radical (unpaired) electrons. The van der Waals surface area contributed by atoms with Crippen molar-refractivity contribution in [3.63, 3.8) is 0 Å². The average molecular weight is 462 g/mol. The molecule has 7 nitrogen and oxygen atoms in total. The van der Waals surface area contributed by atoms with Crippen LogP contribution >= 0.6 is 0 Å². The van der Waals surface area contributed by atoms with Gasteiger partial charge in [-0.1, -0.05) is 13.8 Å². The van der Waals surface area contributed by atoms with Gasteiger partial charge in [0.1, 0.15) is 11.6 Å². The number of benzene rings is 1. The lowest BCUT2D eigenvalue weighted by molar-refractivity contribution is 0.0151. The second kappa shape index (κ2) is 9.59. The van der Waals surface area contributed by atoms with E-state index in [1.807, 2.05) is 18.5 Å². The monoisotopic (exact) mass is 461 g/mol. The number of halogens is 2. The molecule has 178 valence electrons. The lowest BCUT2D eigenvalue weighted by Gasteiger charge is -2.36. The van der Waals surface area contributed by atoms with Crippen LogP contribution in [0.1, 0.15) is 58.8 Å². The molecule has 1 N–H and O–H groups in total. The molecule has 1 atom stereocenters. The SMILES string of the molecule is CCc1nn(C[C@@H](C)COC(=O)c2cc(F)ccc2F)c2c1C(=O)NCC1(CCOCC1)C2. The van der Waals surface area contributed by atoms with Gasteiger partial charge in [-0.25, -0.2) is 13.6 Å². The number of nitrogens with one attached hydrogen (secondary N) is 1. The van der Waals surface area contributed by atoms with Gasteiger partial charge < -0.3 is 14.8 Å². The Labute approximate surface area is 191 Å². The zero-order chi connectivity index (χ0) is 23.6. The molecule has 1 spiro atoms. The van der Waals surface area contributed by atoms with Crippen LogP contribution in [-0.2, 0) is 28.9 Å². The summed E-state index contributed by atoms with van der Waals surface area (Å²) in [5.74, 6) is -2.70. The van der Waals surface area contributed by atoms with Gasteiger partial charge >= 0.3 is 5.97 Å². The van der Waals surface area contributed by atoms with Gasteiger partial charge in [0, 0.05) is 32.2 Å². The van der Waals surface area contributed by atoms with Crippen LogP contribution in [0.25, 0.3) is 0 Å². The molecular weight excluding hydrogens is 432 g/mol. The van der Waals surface area contributed by atoms with E-state index in [-0.39, 0.29) is 23.8 Å². The fourth-order valence-corrected chi connectivity index (χ4v) is 4.62. The van der Waals surface area contributed by atoms with E-state index in [4.69, 9.17) is 14.6 Å². The minimum atomic E-state index is -0.909. The van der Waals surface area contributed by atoms with Crippen LogP contribution in [0.5, 0.6) is 0 Å². The first-order chi connectivity index (χ1) is 15.8. The van der Waals surface area contributed by atoms with Crippen molar-refractivity contribution in [2.45, 2.75) is 46.1 Å². The molecule has 4 rings (SSSR count). The van der Waals surface area contributed by atoms with Crippen LogP contribution in [0.4, 0.5) is 8.78 Å². The molecule has 1 aromatic carbocycles. The second-order valence-corrected chi connectivity index (χ2v) is 9.10. The summed E-state index contributed by atoms with van der Waals surface area (Å²) >= 11 is 0. The van der Waals surface area contributed by atoms with E-state index in [2.05, 4.69) is 5.32 Å². The third kappa shape index (κ3) is 4.93. The predicted octanol–water partition coefficient (Wildman–Crippen LogP) is 3.30. The highest BCUT2D eigenvalue weighted by Gasteiger charge is 2.39. The standard InChI is InChI=1S/C24H29F2N3O4/c1-3-19-21-20(11-24(14-27-22(21)30)6-8-32-9-7-24)29(28-19)12-15(2)13-33-23(31)17-10-16(25)4-5-18(17)26/h4-5,10,15H,3,6-9,11-14H2,1-2H3,(H,27,30)/t15-/m1/s1.